The summed E-state index contributed by atoms with van der Waals surface area (Å²) in [5.41, 5.74) is 3.31. The summed E-state index contributed by atoms with van der Waals surface area (Å²) in [6.45, 7) is 5.73. The normalized spacial score (nSPS) is 13.4. The molecule has 1 amide bonds. The zero-order valence-corrected chi connectivity index (χ0v) is 13.6. The fourth-order valence-corrected chi connectivity index (χ4v) is 2.58. The van der Waals surface area contributed by atoms with Gasteiger partial charge in [-0.2, -0.15) is 0 Å². The van der Waals surface area contributed by atoms with Crippen LogP contribution in [0.1, 0.15) is 46.5 Å². The summed E-state index contributed by atoms with van der Waals surface area (Å²) >= 11 is 0. The van der Waals surface area contributed by atoms with Crippen molar-refractivity contribution in [3.8, 4) is 0 Å². The number of carbonyl (C=O) groups excluding carboxylic acids is 1. The van der Waals surface area contributed by atoms with Gasteiger partial charge < -0.3 is 10.4 Å². The molecule has 0 aliphatic rings. The summed E-state index contributed by atoms with van der Waals surface area (Å²) in [5.74, 6) is -0.488. The van der Waals surface area contributed by atoms with E-state index in [9.17, 15) is 14.3 Å². The lowest BCUT2D eigenvalue weighted by Gasteiger charge is -2.19. The smallest absolute Gasteiger partial charge is 0.251 e. The zero-order valence-electron chi connectivity index (χ0n) is 13.6. The van der Waals surface area contributed by atoms with Gasteiger partial charge in [-0.3, -0.25) is 4.79 Å². The molecule has 0 aromatic heterocycles. The average molecular weight is 315 g/mol. The van der Waals surface area contributed by atoms with E-state index in [1.807, 2.05) is 39.0 Å². The largest absolute Gasteiger partial charge is 0.388 e. The van der Waals surface area contributed by atoms with Crippen LogP contribution in [0.3, 0.4) is 0 Å². The van der Waals surface area contributed by atoms with Crippen molar-refractivity contribution in [1.29, 1.82) is 0 Å². The molecule has 0 radical (unpaired) electrons. The fraction of sp³-hybridized carbons (Fsp3) is 0.316. The second kappa shape index (κ2) is 7.38. The van der Waals surface area contributed by atoms with E-state index in [0.717, 1.165) is 11.1 Å². The SMILES string of the molecule is Cc1ccc(C(=O)NC(C)CC(O)c2ccc(F)cc2)c(C)c1. The highest BCUT2D eigenvalue weighted by Crippen LogP contribution is 2.19. The van der Waals surface area contributed by atoms with Gasteiger partial charge in [-0.15, -0.1) is 0 Å². The molecule has 122 valence electrons. The molecule has 4 heteroatoms. The molecule has 0 fully saturated rings. The van der Waals surface area contributed by atoms with Crippen LogP contribution >= 0.6 is 0 Å². The number of aryl methyl sites for hydroxylation is 2. The number of amides is 1. The van der Waals surface area contributed by atoms with Gasteiger partial charge in [-0.1, -0.05) is 29.8 Å². The number of benzene rings is 2. The van der Waals surface area contributed by atoms with Crippen molar-refractivity contribution in [2.75, 3.05) is 0 Å². The van der Waals surface area contributed by atoms with E-state index in [-0.39, 0.29) is 17.8 Å². The van der Waals surface area contributed by atoms with Gasteiger partial charge in [0.05, 0.1) is 6.10 Å². The quantitative estimate of drug-likeness (QED) is 0.884. The Kier molecular flexibility index (Phi) is 5.50. The van der Waals surface area contributed by atoms with E-state index in [1.54, 1.807) is 12.1 Å². The fourth-order valence-electron chi connectivity index (χ4n) is 2.58. The maximum Gasteiger partial charge on any atom is 0.251 e. The van der Waals surface area contributed by atoms with Crippen molar-refractivity contribution in [1.82, 2.24) is 5.32 Å². The molecule has 2 rings (SSSR count). The third kappa shape index (κ3) is 4.63. The summed E-state index contributed by atoms with van der Waals surface area (Å²) in [6.07, 6.45) is -0.382. The molecule has 3 nitrogen and oxygen atoms in total. The van der Waals surface area contributed by atoms with Gasteiger partial charge in [0.2, 0.25) is 0 Å². The first-order chi connectivity index (χ1) is 10.9. The zero-order chi connectivity index (χ0) is 17.0. The molecule has 0 spiro atoms. The molecule has 0 aliphatic heterocycles. The Bertz CT molecular complexity index is 682. The molecule has 0 aliphatic carbocycles. The molecule has 2 aromatic rings. The second-order valence-electron chi connectivity index (χ2n) is 6.00. The van der Waals surface area contributed by atoms with Crippen LogP contribution in [-0.4, -0.2) is 17.1 Å². The van der Waals surface area contributed by atoms with Crippen LogP contribution < -0.4 is 5.32 Å². The Hall–Kier alpha value is -2.20. The van der Waals surface area contributed by atoms with Crippen molar-refractivity contribution in [3.05, 3.63) is 70.5 Å². The molecule has 2 aromatic carbocycles. The first-order valence-electron chi connectivity index (χ1n) is 7.68. The van der Waals surface area contributed by atoms with Crippen molar-refractivity contribution in [3.63, 3.8) is 0 Å². The average Bonchev–Trinajstić information content (AvgIpc) is 2.47. The molecule has 0 saturated carbocycles. The number of hydrogen-bond acceptors (Lipinski definition) is 2. The molecule has 0 heterocycles. The van der Waals surface area contributed by atoms with Crippen LogP contribution in [0.25, 0.3) is 0 Å². The van der Waals surface area contributed by atoms with E-state index in [1.165, 1.54) is 12.1 Å². The minimum absolute atomic E-state index is 0.152. The lowest BCUT2D eigenvalue weighted by Crippen LogP contribution is -2.34. The summed E-state index contributed by atoms with van der Waals surface area (Å²) in [7, 11) is 0. The predicted octanol–water partition coefficient (Wildman–Crippen LogP) is 3.68. The Labute approximate surface area is 136 Å². The van der Waals surface area contributed by atoms with Crippen LogP contribution in [-0.2, 0) is 0 Å². The predicted molar refractivity (Wildman–Crippen MR) is 88.8 cm³/mol. The van der Waals surface area contributed by atoms with Crippen molar-refractivity contribution < 1.29 is 14.3 Å². The van der Waals surface area contributed by atoms with Crippen LogP contribution in [0.5, 0.6) is 0 Å². The van der Waals surface area contributed by atoms with Crippen molar-refractivity contribution in [2.45, 2.75) is 39.3 Å². The Morgan fingerprint density at radius 1 is 1.17 bits per heavy atom. The Morgan fingerprint density at radius 3 is 2.43 bits per heavy atom. The molecular formula is C19H22FNO2. The van der Waals surface area contributed by atoms with Crippen LogP contribution in [0.15, 0.2) is 42.5 Å². The van der Waals surface area contributed by atoms with Crippen LogP contribution in [0, 0.1) is 19.7 Å². The summed E-state index contributed by atoms with van der Waals surface area (Å²) in [5, 5.41) is 13.1. The van der Waals surface area contributed by atoms with Gasteiger partial charge in [0.1, 0.15) is 5.82 Å². The van der Waals surface area contributed by atoms with Gasteiger partial charge in [-0.25, -0.2) is 4.39 Å². The summed E-state index contributed by atoms with van der Waals surface area (Å²) in [6, 6.07) is 11.2. The molecule has 2 atom stereocenters. The highest BCUT2D eigenvalue weighted by atomic mass is 19.1. The minimum Gasteiger partial charge on any atom is -0.388 e. The van der Waals surface area contributed by atoms with Gasteiger partial charge >= 0.3 is 0 Å². The van der Waals surface area contributed by atoms with E-state index in [2.05, 4.69) is 5.32 Å². The summed E-state index contributed by atoms with van der Waals surface area (Å²) < 4.78 is 12.9. The molecule has 0 saturated heterocycles. The van der Waals surface area contributed by atoms with Crippen LogP contribution in [0.4, 0.5) is 4.39 Å². The first-order valence-corrected chi connectivity index (χ1v) is 7.68. The summed E-state index contributed by atoms with van der Waals surface area (Å²) in [4.78, 5) is 12.3. The van der Waals surface area contributed by atoms with Gasteiger partial charge in [0.15, 0.2) is 0 Å². The highest BCUT2D eigenvalue weighted by Gasteiger charge is 2.16. The number of aliphatic hydroxyl groups excluding tert-OH is 1. The minimum atomic E-state index is -0.745. The lowest BCUT2D eigenvalue weighted by molar-refractivity contribution is 0.0916. The van der Waals surface area contributed by atoms with Gasteiger partial charge in [0, 0.05) is 11.6 Å². The number of nitrogens with one attached hydrogen (secondary N) is 1. The molecule has 2 N–H and O–H groups in total. The molecule has 23 heavy (non-hydrogen) atoms. The maximum absolute atomic E-state index is 12.9. The highest BCUT2D eigenvalue weighted by molar-refractivity contribution is 5.95. The van der Waals surface area contributed by atoms with E-state index >= 15 is 0 Å². The lowest BCUT2D eigenvalue weighted by atomic mass is 10.0. The number of hydrogen-bond donors (Lipinski definition) is 2. The van der Waals surface area contributed by atoms with Gasteiger partial charge in [0.25, 0.3) is 5.91 Å². The third-order valence-corrected chi connectivity index (χ3v) is 3.84. The number of halogens is 1. The number of rotatable bonds is 5. The van der Waals surface area contributed by atoms with Crippen molar-refractivity contribution >= 4 is 5.91 Å². The monoisotopic (exact) mass is 315 g/mol. The number of aliphatic hydroxyl groups is 1. The van der Waals surface area contributed by atoms with E-state index in [4.69, 9.17) is 0 Å². The van der Waals surface area contributed by atoms with E-state index in [0.29, 0.717) is 17.5 Å². The molecule has 2 unspecified atom stereocenters. The Balaban J connectivity index is 1.97. The Morgan fingerprint density at radius 2 is 1.83 bits per heavy atom. The third-order valence-electron chi connectivity index (χ3n) is 3.84. The van der Waals surface area contributed by atoms with Gasteiger partial charge in [-0.05, 0) is 56.5 Å². The maximum atomic E-state index is 12.9. The second-order valence-corrected chi connectivity index (χ2v) is 6.00. The topological polar surface area (TPSA) is 49.3 Å². The van der Waals surface area contributed by atoms with Crippen molar-refractivity contribution in [2.24, 2.45) is 0 Å². The number of carbonyl (C=O) groups is 1. The molecular weight excluding hydrogens is 293 g/mol. The first kappa shape index (κ1) is 17.2. The standard InChI is InChI=1S/C19H22FNO2/c1-12-4-9-17(13(2)10-12)19(23)21-14(3)11-18(22)15-5-7-16(20)8-6-15/h4-10,14,18,22H,11H2,1-3H3,(H,21,23). The van der Waals surface area contributed by atoms with Crippen LogP contribution in [0.2, 0.25) is 0 Å². The van der Waals surface area contributed by atoms with E-state index < -0.39 is 6.10 Å². The molecule has 0 bridgehead atoms.